The second-order valence-corrected chi connectivity index (χ2v) is 6.45. The second kappa shape index (κ2) is 6.20. The number of rotatable bonds is 1. The largest absolute Gasteiger partial charge is 0.338 e. The number of carbonyl (C=O) groups excluding carboxylic acids is 1. The van der Waals surface area contributed by atoms with Gasteiger partial charge in [0.15, 0.2) is 0 Å². The Bertz CT molecular complexity index is 659. The number of fused-ring (bicyclic) bond motifs is 1. The molecule has 0 aromatic heterocycles. The zero-order valence-electron chi connectivity index (χ0n) is 11.5. The maximum Gasteiger partial charge on any atom is 0.253 e. The molecule has 0 aliphatic carbocycles. The highest BCUT2D eigenvalue weighted by atomic mass is 79.9. The van der Waals surface area contributed by atoms with E-state index in [4.69, 9.17) is 11.6 Å². The van der Waals surface area contributed by atoms with Gasteiger partial charge in [0.05, 0.1) is 5.02 Å². The predicted octanol–water partition coefficient (Wildman–Crippen LogP) is 4.34. The molecule has 3 rings (SSSR count). The van der Waals surface area contributed by atoms with Gasteiger partial charge < -0.3 is 4.90 Å². The summed E-state index contributed by atoms with van der Waals surface area (Å²) in [7, 11) is 0. The van der Waals surface area contributed by atoms with Crippen molar-refractivity contribution < 1.29 is 4.79 Å². The van der Waals surface area contributed by atoms with Gasteiger partial charge in [0.25, 0.3) is 5.91 Å². The lowest BCUT2D eigenvalue weighted by molar-refractivity contribution is 0.0763. The van der Waals surface area contributed by atoms with Gasteiger partial charge >= 0.3 is 0 Å². The third kappa shape index (κ3) is 3.14. The average molecular weight is 365 g/mol. The fourth-order valence-corrected chi connectivity index (χ4v) is 3.18. The summed E-state index contributed by atoms with van der Waals surface area (Å²) in [6.45, 7) is 1.52. The van der Waals surface area contributed by atoms with Crippen LogP contribution in [0.4, 0.5) is 0 Å². The molecule has 0 bridgehead atoms. The summed E-state index contributed by atoms with van der Waals surface area (Å²) in [6, 6.07) is 13.8. The summed E-state index contributed by atoms with van der Waals surface area (Å²) in [5, 5.41) is 0.620. The molecule has 0 N–H and O–H groups in total. The van der Waals surface area contributed by atoms with Crippen LogP contribution in [0, 0.1) is 0 Å². The normalized spacial score (nSPS) is 14.5. The number of nitrogens with zero attached hydrogens (tertiary/aromatic N) is 1. The van der Waals surface area contributed by atoms with Crippen molar-refractivity contribution in [3.8, 4) is 0 Å². The second-order valence-electron chi connectivity index (χ2n) is 5.19. The Hall–Kier alpha value is -1.32. The maximum absolute atomic E-state index is 12.6. The molecule has 0 saturated carbocycles. The van der Waals surface area contributed by atoms with Gasteiger partial charge in [-0.25, -0.2) is 0 Å². The van der Waals surface area contributed by atoms with Crippen LogP contribution >= 0.6 is 27.5 Å². The van der Waals surface area contributed by atoms with Crippen LogP contribution in [0.25, 0.3) is 0 Å². The topological polar surface area (TPSA) is 20.3 Å². The molecule has 1 amide bonds. The van der Waals surface area contributed by atoms with Crippen LogP contribution in [-0.4, -0.2) is 23.9 Å². The van der Waals surface area contributed by atoms with Gasteiger partial charge in [-0.3, -0.25) is 4.79 Å². The Morgan fingerprint density at radius 2 is 1.67 bits per heavy atom. The summed E-state index contributed by atoms with van der Waals surface area (Å²) in [6.07, 6.45) is 1.83. The molecule has 0 saturated heterocycles. The monoisotopic (exact) mass is 363 g/mol. The number of carbonyl (C=O) groups is 1. The minimum atomic E-state index is 0.0696. The highest BCUT2D eigenvalue weighted by molar-refractivity contribution is 9.10. The summed E-state index contributed by atoms with van der Waals surface area (Å²) < 4.78 is 0.758. The smallest absolute Gasteiger partial charge is 0.253 e. The van der Waals surface area contributed by atoms with E-state index in [0.29, 0.717) is 10.6 Å². The molecule has 2 aromatic rings. The first-order valence-corrected chi connectivity index (χ1v) is 8.13. The lowest BCUT2D eigenvalue weighted by Crippen LogP contribution is -2.33. The molecule has 0 fully saturated rings. The molecule has 1 aliphatic heterocycles. The number of amides is 1. The van der Waals surface area contributed by atoms with Crippen LogP contribution in [0.2, 0.25) is 5.02 Å². The van der Waals surface area contributed by atoms with Crippen molar-refractivity contribution in [3.63, 3.8) is 0 Å². The van der Waals surface area contributed by atoms with Gasteiger partial charge in [-0.05, 0) is 58.1 Å². The molecule has 0 spiro atoms. The van der Waals surface area contributed by atoms with Crippen molar-refractivity contribution >= 4 is 33.4 Å². The summed E-state index contributed by atoms with van der Waals surface area (Å²) in [4.78, 5) is 14.6. The van der Waals surface area contributed by atoms with Gasteiger partial charge in [-0.15, -0.1) is 0 Å². The molecular formula is C17H15BrClNO. The van der Waals surface area contributed by atoms with Gasteiger partial charge in [0, 0.05) is 23.1 Å². The van der Waals surface area contributed by atoms with Crippen molar-refractivity contribution in [2.45, 2.75) is 12.8 Å². The van der Waals surface area contributed by atoms with E-state index in [-0.39, 0.29) is 5.91 Å². The molecule has 0 unspecified atom stereocenters. The Morgan fingerprint density at radius 1 is 1.05 bits per heavy atom. The molecule has 0 radical (unpaired) electrons. The Balaban J connectivity index is 1.79. The zero-order chi connectivity index (χ0) is 14.8. The van der Waals surface area contributed by atoms with Crippen molar-refractivity contribution in [1.29, 1.82) is 0 Å². The van der Waals surface area contributed by atoms with Crippen LogP contribution in [0.1, 0.15) is 21.5 Å². The number of hydrogen-bond donors (Lipinski definition) is 0. The minimum absolute atomic E-state index is 0.0696. The van der Waals surface area contributed by atoms with Gasteiger partial charge in [-0.2, -0.15) is 0 Å². The molecule has 2 nitrogen and oxygen atoms in total. The molecule has 21 heavy (non-hydrogen) atoms. The molecule has 0 atom stereocenters. The molecule has 108 valence electrons. The number of halogens is 2. The van der Waals surface area contributed by atoms with E-state index in [9.17, 15) is 4.79 Å². The van der Waals surface area contributed by atoms with E-state index in [2.05, 4.69) is 40.2 Å². The predicted molar refractivity (Wildman–Crippen MR) is 88.9 cm³/mol. The fourth-order valence-electron chi connectivity index (χ4n) is 2.68. The van der Waals surface area contributed by atoms with Crippen molar-refractivity contribution in [2.75, 3.05) is 13.1 Å². The fraction of sp³-hybridized carbons (Fsp3) is 0.235. The summed E-state index contributed by atoms with van der Waals surface area (Å²) in [5.41, 5.74) is 3.38. The Labute approximate surface area is 137 Å². The SMILES string of the molecule is O=C(c1ccc(Cl)c(Br)c1)N1CCc2ccccc2CC1. The first-order chi connectivity index (χ1) is 10.1. The van der Waals surface area contributed by atoms with E-state index in [1.54, 1.807) is 18.2 Å². The minimum Gasteiger partial charge on any atom is -0.338 e. The standard InChI is InChI=1S/C17H15BrClNO/c18-15-11-14(5-6-16(15)19)17(21)20-9-7-12-3-1-2-4-13(12)8-10-20/h1-6,11H,7-10H2. The van der Waals surface area contributed by atoms with E-state index < -0.39 is 0 Å². The third-order valence-corrected chi connectivity index (χ3v) is 5.09. The molecule has 1 heterocycles. The first kappa shape index (κ1) is 14.6. The molecular weight excluding hydrogens is 350 g/mol. The number of hydrogen-bond acceptors (Lipinski definition) is 1. The molecule has 2 aromatic carbocycles. The van der Waals surface area contributed by atoms with Crippen LogP contribution < -0.4 is 0 Å². The summed E-state index contributed by atoms with van der Waals surface area (Å²) in [5.74, 6) is 0.0696. The van der Waals surface area contributed by atoms with Crippen molar-refractivity contribution in [3.05, 3.63) is 68.7 Å². The van der Waals surface area contributed by atoms with E-state index in [0.717, 1.165) is 30.4 Å². The quantitative estimate of drug-likeness (QED) is 0.737. The van der Waals surface area contributed by atoms with Crippen molar-refractivity contribution in [2.24, 2.45) is 0 Å². The van der Waals surface area contributed by atoms with E-state index in [1.807, 2.05) is 4.90 Å². The Kier molecular flexibility index (Phi) is 4.32. The van der Waals surface area contributed by atoms with Crippen LogP contribution in [0.5, 0.6) is 0 Å². The lowest BCUT2D eigenvalue weighted by atomic mass is 10.0. The van der Waals surface area contributed by atoms with Gasteiger partial charge in [-0.1, -0.05) is 35.9 Å². The third-order valence-electron chi connectivity index (χ3n) is 3.87. The van der Waals surface area contributed by atoms with Crippen molar-refractivity contribution in [1.82, 2.24) is 4.90 Å². The lowest BCUT2D eigenvalue weighted by Gasteiger charge is -2.20. The Morgan fingerprint density at radius 3 is 2.24 bits per heavy atom. The summed E-state index contributed by atoms with van der Waals surface area (Å²) >= 11 is 9.36. The van der Waals surface area contributed by atoms with Gasteiger partial charge in [0.1, 0.15) is 0 Å². The van der Waals surface area contributed by atoms with E-state index in [1.165, 1.54) is 11.1 Å². The highest BCUT2D eigenvalue weighted by Gasteiger charge is 2.20. The van der Waals surface area contributed by atoms with Crippen LogP contribution in [0.3, 0.4) is 0 Å². The molecule has 4 heteroatoms. The van der Waals surface area contributed by atoms with Crippen LogP contribution in [0.15, 0.2) is 46.9 Å². The molecule has 1 aliphatic rings. The van der Waals surface area contributed by atoms with Crippen LogP contribution in [-0.2, 0) is 12.8 Å². The highest BCUT2D eigenvalue weighted by Crippen LogP contribution is 2.24. The average Bonchev–Trinajstić information content (AvgIpc) is 2.72. The number of benzene rings is 2. The van der Waals surface area contributed by atoms with Gasteiger partial charge in [0.2, 0.25) is 0 Å². The first-order valence-electron chi connectivity index (χ1n) is 6.96. The maximum atomic E-state index is 12.6. The zero-order valence-corrected chi connectivity index (χ0v) is 13.8. The van der Waals surface area contributed by atoms with E-state index >= 15 is 0 Å².